The number of ether oxygens (including phenoxy) is 1. The second-order valence-electron chi connectivity index (χ2n) is 6.99. The van der Waals surface area contributed by atoms with Crippen LogP contribution >= 0.6 is 0 Å². The number of nitrogens with one attached hydrogen (secondary N) is 1. The van der Waals surface area contributed by atoms with Crippen LogP contribution in [0.25, 0.3) is 11.4 Å². The normalized spacial score (nSPS) is 18.1. The van der Waals surface area contributed by atoms with Crippen molar-refractivity contribution in [3.63, 3.8) is 0 Å². The van der Waals surface area contributed by atoms with Crippen LogP contribution in [0.3, 0.4) is 0 Å². The average Bonchev–Trinajstić information content (AvgIpc) is 3.02. The molecule has 0 aliphatic carbocycles. The van der Waals surface area contributed by atoms with Crippen LogP contribution < -0.4 is 11.1 Å². The summed E-state index contributed by atoms with van der Waals surface area (Å²) in [6, 6.07) is 7.39. The highest BCUT2D eigenvalue weighted by atomic mass is 16.5. The lowest BCUT2D eigenvalue weighted by atomic mass is 10.1. The Labute approximate surface area is 174 Å². The van der Waals surface area contributed by atoms with Crippen LogP contribution in [0.5, 0.6) is 0 Å². The Bertz CT molecular complexity index is 972. The molecular formula is C21H23N5O4. The SMILES string of the molecule is C#Cc1cccc(-c2ncc(NC3COC3)c(C(N)=O)n2)c1.CN1CC[C@H](O)C1=O. The molecule has 1 aromatic carbocycles. The molecule has 2 amide bonds. The zero-order valence-electron chi connectivity index (χ0n) is 16.5. The largest absolute Gasteiger partial charge is 0.383 e. The lowest BCUT2D eigenvalue weighted by molar-refractivity contribution is -0.133. The molecule has 2 saturated heterocycles. The fraction of sp³-hybridized carbons (Fsp3) is 0.333. The molecule has 0 radical (unpaired) electrons. The third-order valence-corrected chi connectivity index (χ3v) is 4.71. The number of amides is 2. The molecule has 0 spiro atoms. The molecule has 1 aromatic heterocycles. The maximum Gasteiger partial charge on any atom is 0.269 e. The monoisotopic (exact) mass is 409 g/mol. The van der Waals surface area contributed by atoms with Crippen LogP contribution in [0.1, 0.15) is 22.5 Å². The number of carbonyl (C=O) groups is 2. The molecule has 0 bridgehead atoms. The summed E-state index contributed by atoms with van der Waals surface area (Å²) in [7, 11) is 1.69. The highest BCUT2D eigenvalue weighted by Crippen LogP contribution is 2.21. The smallest absolute Gasteiger partial charge is 0.269 e. The summed E-state index contributed by atoms with van der Waals surface area (Å²) >= 11 is 0. The molecule has 0 saturated carbocycles. The van der Waals surface area contributed by atoms with Gasteiger partial charge in [0.15, 0.2) is 11.5 Å². The third kappa shape index (κ3) is 4.92. The van der Waals surface area contributed by atoms with Gasteiger partial charge in [-0.3, -0.25) is 9.59 Å². The number of nitrogens with two attached hydrogens (primary N) is 1. The summed E-state index contributed by atoms with van der Waals surface area (Å²) in [5.41, 5.74) is 7.54. The molecule has 2 aromatic rings. The first-order chi connectivity index (χ1) is 14.4. The number of primary amides is 1. The van der Waals surface area contributed by atoms with E-state index in [4.69, 9.17) is 22.0 Å². The van der Waals surface area contributed by atoms with Crippen LogP contribution in [-0.4, -0.2) is 70.7 Å². The zero-order valence-corrected chi connectivity index (χ0v) is 16.5. The van der Waals surface area contributed by atoms with Gasteiger partial charge in [-0.1, -0.05) is 18.1 Å². The maximum atomic E-state index is 11.6. The second-order valence-corrected chi connectivity index (χ2v) is 6.99. The number of rotatable bonds is 4. The van der Waals surface area contributed by atoms with Crippen molar-refractivity contribution in [3.05, 3.63) is 41.7 Å². The van der Waals surface area contributed by atoms with Crippen molar-refractivity contribution >= 4 is 17.5 Å². The molecule has 4 rings (SSSR count). The van der Waals surface area contributed by atoms with Crippen LogP contribution in [0.4, 0.5) is 5.69 Å². The number of aliphatic hydroxyl groups is 1. The van der Waals surface area contributed by atoms with Gasteiger partial charge in [0.25, 0.3) is 11.8 Å². The van der Waals surface area contributed by atoms with Crippen molar-refractivity contribution in [3.8, 4) is 23.7 Å². The predicted octanol–water partition coefficient (Wildman–Crippen LogP) is 0.244. The molecule has 4 N–H and O–H groups in total. The van der Waals surface area contributed by atoms with Crippen molar-refractivity contribution in [2.24, 2.45) is 5.73 Å². The van der Waals surface area contributed by atoms with E-state index in [1.807, 2.05) is 18.2 Å². The highest BCUT2D eigenvalue weighted by Gasteiger charge is 2.26. The van der Waals surface area contributed by atoms with Crippen molar-refractivity contribution in [1.29, 1.82) is 0 Å². The number of carbonyl (C=O) groups excluding carboxylic acids is 2. The number of anilines is 1. The Morgan fingerprint density at radius 1 is 1.43 bits per heavy atom. The summed E-state index contributed by atoms with van der Waals surface area (Å²) in [6.45, 7) is 1.87. The lowest BCUT2D eigenvalue weighted by Gasteiger charge is -2.28. The van der Waals surface area contributed by atoms with Crippen molar-refractivity contribution in [2.45, 2.75) is 18.6 Å². The fourth-order valence-electron chi connectivity index (χ4n) is 2.91. The quantitative estimate of drug-likeness (QED) is 0.617. The molecule has 9 nitrogen and oxygen atoms in total. The van der Waals surface area contributed by atoms with Crippen molar-refractivity contribution in [1.82, 2.24) is 14.9 Å². The average molecular weight is 409 g/mol. The van der Waals surface area contributed by atoms with E-state index in [1.54, 1.807) is 19.3 Å². The number of aliphatic hydroxyl groups excluding tert-OH is 1. The molecule has 156 valence electrons. The van der Waals surface area contributed by atoms with E-state index in [-0.39, 0.29) is 17.6 Å². The summed E-state index contributed by atoms with van der Waals surface area (Å²) in [6.07, 6.45) is 6.82. The summed E-state index contributed by atoms with van der Waals surface area (Å²) in [5.74, 6) is 2.20. The van der Waals surface area contributed by atoms with E-state index in [0.717, 1.165) is 11.1 Å². The lowest BCUT2D eigenvalue weighted by Crippen LogP contribution is -2.41. The molecule has 30 heavy (non-hydrogen) atoms. The Kier molecular flexibility index (Phi) is 6.61. The van der Waals surface area contributed by atoms with Gasteiger partial charge in [-0.05, 0) is 18.6 Å². The van der Waals surface area contributed by atoms with Crippen molar-refractivity contribution in [2.75, 3.05) is 32.1 Å². The van der Waals surface area contributed by atoms with Gasteiger partial charge in [0, 0.05) is 24.7 Å². The Morgan fingerprint density at radius 3 is 2.70 bits per heavy atom. The van der Waals surface area contributed by atoms with Gasteiger partial charge in [0.1, 0.15) is 6.10 Å². The number of aromatic nitrogens is 2. The van der Waals surface area contributed by atoms with Crippen LogP contribution in [0, 0.1) is 12.3 Å². The number of nitrogens with zero attached hydrogens (tertiary/aromatic N) is 3. The van der Waals surface area contributed by atoms with Gasteiger partial charge in [-0.25, -0.2) is 9.97 Å². The minimum Gasteiger partial charge on any atom is -0.383 e. The third-order valence-electron chi connectivity index (χ3n) is 4.71. The van der Waals surface area contributed by atoms with Gasteiger partial charge < -0.3 is 25.8 Å². The minimum atomic E-state index is -0.722. The fourth-order valence-corrected chi connectivity index (χ4v) is 2.91. The standard InChI is InChI=1S/C16H14N4O2.C5H9NO2/c1-2-10-4-3-5-11(6-10)16-18-7-13(14(20-16)15(17)21)19-12-8-22-9-12;1-6-3-2-4(7)5(6)8/h1,3-7,12,19H,8-9H2,(H2,17,21);4,7H,2-3H2,1H3/t;4-/m.0/s1. The number of terminal acetylenes is 1. The summed E-state index contributed by atoms with van der Waals surface area (Å²) in [4.78, 5) is 32.3. The van der Waals surface area contributed by atoms with Gasteiger partial charge in [0.2, 0.25) is 0 Å². The van der Waals surface area contributed by atoms with Gasteiger partial charge >= 0.3 is 0 Å². The molecule has 1 atom stereocenters. The molecule has 2 aliphatic heterocycles. The Morgan fingerprint density at radius 2 is 2.20 bits per heavy atom. The molecular weight excluding hydrogens is 386 g/mol. The van der Waals surface area contributed by atoms with Gasteiger partial charge in [0.05, 0.1) is 31.1 Å². The van der Waals surface area contributed by atoms with Crippen LogP contribution in [0.15, 0.2) is 30.5 Å². The first kappa shape index (κ1) is 21.2. The predicted molar refractivity (Wildman–Crippen MR) is 110 cm³/mol. The van der Waals surface area contributed by atoms with Gasteiger partial charge in [-0.2, -0.15) is 0 Å². The highest BCUT2D eigenvalue weighted by molar-refractivity contribution is 5.96. The van der Waals surface area contributed by atoms with E-state index in [2.05, 4.69) is 21.2 Å². The van der Waals surface area contributed by atoms with E-state index < -0.39 is 12.0 Å². The van der Waals surface area contributed by atoms with Gasteiger partial charge in [-0.15, -0.1) is 6.42 Å². The van der Waals surface area contributed by atoms with E-state index >= 15 is 0 Å². The van der Waals surface area contributed by atoms with E-state index in [0.29, 0.717) is 37.7 Å². The first-order valence-electron chi connectivity index (χ1n) is 9.40. The van der Waals surface area contributed by atoms with Crippen molar-refractivity contribution < 1.29 is 19.4 Å². The Balaban J connectivity index is 0.000000269. The second kappa shape index (κ2) is 9.35. The summed E-state index contributed by atoms with van der Waals surface area (Å²) in [5, 5.41) is 11.9. The van der Waals surface area contributed by atoms with Crippen LogP contribution in [0.2, 0.25) is 0 Å². The van der Waals surface area contributed by atoms with E-state index in [1.165, 1.54) is 4.90 Å². The minimum absolute atomic E-state index is 0.148. The topological polar surface area (TPSA) is 131 Å². The number of hydrogen-bond donors (Lipinski definition) is 3. The molecule has 9 heteroatoms. The summed E-state index contributed by atoms with van der Waals surface area (Å²) < 4.78 is 5.09. The zero-order chi connectivity index (χ0) is 21.7. The first-order valence-corrected chi connectivity index (χ1v) is 9.40. The Hall–Kier alpha value is -3.48. The number of likely N-dealkylation sites (tertiary alicyclic amines) is 1. The maximum absolute atomic E-state index is 11.6. The molecule has 2 fully saturated rings. The molecule has 0 unspecified atom stereocenters. The molecule has 3 heterocycles. The molecule has 2 aliphatic rings. The van der Waals surface area contributed by atoms with Crippen LogP contribution in [-0.2, 0) is 9.53 Å². The number of likely N-dealkylation sites (N-methyl/N-ethyl adjacent to an activating group) is 1. The van der Waals surface area contributed by atoms with E-state index in [9.17, 15) is 9.59 Å². The number of hydrogen-bond acceptors (Lipinski definition) is 7. The number of benzene rings is 1.